The topological polar surface area (TPSA) is 123 Å². The zero-order valence-corrected chi connectivity index (χ0v) is 18.1. The van der Waals surface area contributed by atoms with Crippen LogP contribution in [0.3, 0.4) is 0 Å². The normalized spacial score (nSPS) is 10.8. The van der Waals surface area contributed by atoms with Gasteiger partial charge in [0.2, 0.25) is 5.88 Å². The minimum Gasteiger partial charge on any atom is -0.434 e. The highest BCUT2D eigenvalue weighted by atomic mass is 35.5. The average Bonchev–Trinajstić information content (AvgIpc) is 2.76. The second-order valence-corrected chi connectivity index (χ2v) is 7.63. The second-order valence-electron chi connectivity index (χ2n) is 6.82. The van der Waals surface area contributed by atoms with Crippen molar-refractivity contribution >= 4 is 23.2 Å². The molecule has 162 valence electrons. The molecule has 0 atom stereocenters. The molecule has 2 N–H and O–H groups in total. The van der Waals surface area contributed by atoms with Gasteiger partial charge in [0.15, 0.2) is 5.75 Å². The first kappa shape index (κ1) is 21.5. The molecular formula is C21H15Cl2N5O4. The first-order valence-electron chi connectivity index (χ1n) is 9.32. The zero-order valence-electron chi connectivity index (χ0n) is 16.6. The van der Waals surface area contributed by atoms with Gasteiger partial charge in [-0.3, -0.25) is 14.6 Å². The molecule has 0 saturated heterocycles. The lowest BCUT2D eigenvalue weighted by molar-refractivity contribution is 0.453. The number of halogens is 2. The van der Waals surface area contributed by atoms with E-state index < -0.39 is 11.2 Å². The van der Waals surface area contributed by atoms with Crippen molar-refractivity contribution in [3.8, 4) is 17.3 Å². The summed E-state index contributed by atoms with van der Waals surface area (Å²) < 4.78 is 6.69. The van der Waals surface area contributed by atoms with Crippen LogP contribution in [0.25, 0.3) is 5.69 Å². The summed E-state index contributed by atoms with van der Waals surface area (Å²) in [6.07, 6.45) is 0.385. The molecule has 2 aromatic carbocycles. The number of nitrogens with one attached hydrogen (secondary N) is 2. The van der Waals surface area contributed by atoms with Crippen molar-refractivity contribution in [1.29, 1.82) is 0 Å². The minimum absolute atomic E-state index is 0.0719. The Labute approximate surface area is 190 Å². The highest BCUT2D eigenvalue weighted by molar-refractivity contribution is 6.37. The Bertz CT molecular complexity index is 1460. The highest BCUT2D eigenvalue weighted by Gasteiger charge is 2.16. The maximum absolute atomic E-state index is 12.2. The summed E-state index contributed by atoms with van der Waals surface area (Å²) in [5, 5.41) is 10.4. The van der Waals surface area contributed by atoms with Gasteiger partial charge in [-0.05, 0) is 24.6 Å². The molecule has 11 heteroatoms. The number of aryl methyl sites for hydroxylation is 1. The Morgan fingerprint density at radius 2 is 1.69 bits per heavy atom. The van der Waals surface area contributed by atoms with Crippen LogP contribution in [0.15, 0.2) is 62.9 Å². The zero-order chi connectivity index (χ0) is 22.8. The van der Waals surface area contributed by atoms with E-state index in [2.05, 4.69) is 20.3 Å². The number of aromatic nitrogens is 5. The van der Waals surface area contributed by atoms with Gasteiger partial charge in [-0.1, -0.05) is 53.5 Å². The standard InChI is InChI=1S/C21H15Cl2N5O4/c1-11-19(29)24-21(31)28(27-11)14-9-15(22)18(16(23)10-14)32-17-8-13(20(30)26-25-17)7-12-5-3-2-4-6-12/h2-6,8-10H,7H2,1H3,(H,26,30)(H,24,29,31). The van der Waals surface area contributed by atoms with Gasteiger partial charge in [0.1, 0.15) is 5.69 Å². The molecule has 0 spiro atoms. The quantitative estimate of drug-likeness (QED) is 0.461. The summed E-state index contributed by atoms with van der Waals surface area (Å²) in [6.45, 7) is 1.46. The predicted octanol–water partition coefficient (Wildman–Crippen LogP) is 3.00. The first-order valence-corrected chi connectivity index (χ1v) is 10.1. The van der Waals surface area contributed by atoms with Crippen LogP contribution in [0.2, 0.25) is 10.0 Å². The fourth-order valence-electron chi connectivity index (χ4n) is 2.95. The van der Waals surface area contributed by atoms with E-state index in [1.54, 1.807) is 0 Å². The highest BCUT2D eigenvalue weighted by Crippen LogP contribution is 2.37. The van der Waals surface area contributed by atoms with Crippen molar-refractivity contribution in [2.75, 3.05) is 0 Å². The van der Waals surface area contributed by atoms with Crippen LogP contribution >= 0.6 is 23.2 Å². The molecule has 0 amide bonds. The van der Waals surface area contributed by atoms with Crippen LogP contribution in [-0.4, -0.2) is 25.0 Å². The lowest BCUT2D eigenvalue weighted by Gasteiger charge is -2.12. The molecule has 4 aromatic rings. The fraction of sp³-hybridized carbons (Fsp3) is 0.0952. The molecular weight excluding hydrogens is 457 g/mol. The number of H-pyrrole nitrogens is 2. The van der Waals surface area contributed by atoms with E-state index in [-0.39, 0.29) is 38.6 Å². The van der Waals surface area contributed by atoms with Gasteiger partial charge in [0.25, 0.3) is 11.1 Å². The van der Waals surface area contributed by atoms with Crippen molar-refractivity contribution in [3.63, 3.8) is 0 Å². The number of nitrogens with zero attached hydrogens (tertiary/aromatic N) is 3. The van der Waals surface area contributed by atoms with Gasteiger partial charge < -0.3 is 4.74 Å². The Hall–Kier alpha value is -3.69. The molecule has 9 nitrogen and oxygen atoms in total. The molecule has 4 rings (SSSR count). The number of benzene rings is 2. The summed E-state index contributed by atoms with van der Waals surface area (Å²) in [5.41, 5.74) is 0.0615. The molecule has 0 saturated carbocycles. The van der Waals surface area contributed by atoms with E-state index in [1.807, 2.05) is 30.3 Å². The second kappa shape index (κ2) is 8.81. The van der Waals surface area contributed by atoms with Crippen molar-refractivity contribution in [1.82, 2.24) is 25.0 Å². The van der Waals surface area contributed by atoms with E-state index in [0.717, 1.165) is 10.2 Å². The van der Waals surface area contributed by atoms with Crippen molar-refractivity contribution in [2.45, 2.75) is 13.3 Å². The minimum atomic E-state index is -0.741. The van der Waals surface area contributed by atoms with Crippen LogP contribution < -0.4 is 21.5 Å². The van der Waals surface area contributed by atoms with Gasteiger partial charge in [0, 0.05) is 18.1 Å². The third kappa shape index (κ3) is 4.48. The molecule has 2 heterocycles. The predicted molar refractivity (Wildman–Crippen MR) is 119 cm³/mol. The average molecular weight is 472 g/mol. The van der Waals surface area contributed by atoms with Crippen LogP contribution in [0.5, 0.6) is 11.6 Å². The molecule has 0 aliphatic rings. The Balaban J connectivity index is 1.67. The van der Waals surface area contributed by atoms with E-state index in [9.17, 15) is 14.4 Å². The molecule has 0 radical (unpaired) electrons. The number of hydrogen-bond acceptors (Lipinski definition) is 6. The van der Waals surface area contributed by atoms with Crippen LogP contribution in [-0.2, 0) is 6.42 Å². The summed E-state index contributed by atoms with van der Waals surface area (Å²) >= 11 is 12.7. The summed E-state index contributed by atoms with van der Waals surface area (Å²) in [7, 11) is 0. The summed E-state index contributed by atoms with van der Waals surface area (Å²) in [4.78, 5) is 38.0. The largest absolute Gasteiger partial charge is 0.434 e. The van der Waals surface area contributed by atoms with Crippen molar-refractivity contribution in [3.05, 3.63) is 107 Å². The number of ether oxygens (including phenoxy) is 1. The lowest BCUT2D eigenvalue weighted by Crippen LogP contribution is -2.32. The third-order valence-electron chi connectivity index (χ3n) is 4.52. The van der Waals surface area contributed by atoms with E-state index in [0.29, 0.717) is 12.0 Å². The lowest BCUT2D eigenvalue weighted by atomic mass is 10.1. The van der Waals surface area contributed by atoms with Crippen LogP contribution in [0.1, 0.15) is 16.8 Å². The van der Waals surface area contributed by atoms with Gasteiger partial charge in [-0.25, -0.2) is 9.89 Å². The monoisotopic (exact) mass is 471 g/mol. The Kier molecular flexibility index (Phi) is 5.93. The summed E-state index contributed by atoms with van der Waals surface area (Å²) in [5.74, 6) is 0.166. The van der Waals surface area contributed by atoms with Gasteiger partial charge >= 0.3 is 5.69 Å². The molecule has 0 aliphatic heterocycles. The van der Waals surface area contributed by atoms with Gasteiger partial charge in [0.05, 0.1) is 15.7 Å². The number of rotatable bonds is 5. The van der Waals surface area contributed by atoms with E-state index in [4.69, 9.17) is 27.9 Å². The Morgan fingerprint density at radius 1 is 1.00 bits per heavy atom. The molecule has 32 heavy (non-hydrogen) atoms. The summed E-state index contributed by atoms with van der Waals surface area (Å²) in [6, 6.07) is 13.8. The van der Waals surface area contributed by atoms with E-state index in [1.165, 1.54) is 25.1 Å². The van der Waals surface area contributed by atoms with Crippen molar-refractivity contribution in [2.24, 2.45) is 0 Å². The SMILES string of the molecule is Cc1nn(-c2cc(Cl)c(Oc3cc(Cc4ccccc4)c(=O)[nH]n3)c(Cl)c2)c(=O)[nH]c1=O. The van der Waals surface area contributed by atoms with Crippen LogP contribution in [0.4, 0.5) is 0 Å². The third-order valence-corrected chi connectivity index (χ3v) is 5.08. The van der Waals surface area contributed by atoms with Gasteiger partial charge in [-0.2, -0.15) is 9.78 Å². The molecule has 0 unspecified atom stereocenters. The van der Waals surface area contributed by atoms with E-state index >= 15 is 0 Å². The Morgan fingerprint density at radius 3 is 2.38 bits per heavy atom. The smallest absolute Gasteiger partial charge is 0.349 e. The molecule has 2 aromatic heterocycles. The molecule has 0 bridgehead atoms. The maximum Gasteiger partial charge on any atom is 0.349 e. The first-order chi connectivity index (χ1) is 15.3. The van der Waals surface area contributed by atoms with Crippen molar-refractivity contribution < 1.29 is 4.74 Å². The number of hydrogen-bond donors (Lipinski definition) is 2. The van der Waals surface area contributed by atoms with Gasteiger partial charge in [-0.15, -0.1) is 5.10 Å². The fourth-order valence-corrected chi connectivity index (χ4v) is 3.50. The maximum atomic E-state index is 12.2. The molecule has 0 aliphatic carbocycles. The molecule has 0 fully saturated rings. The number of aromatic amines is 2. The van der Waals surface area contributed by atoms with Crippen LogP contribution in [0, 0.1) is 6.92 Å².